The summed E-state index contributed by atoms with van der Waals surface area (Å²) in [5.41, 5.74) is 0.734. The Balaban J connectivity index is 2.18. The maximum Gasteiger partial charge on any atom is 0.343 e. The highest BCUT2D eigenvalue weighted by molar-refractivity contribution is 5.83. The van der Waals surface area contributed by atoms with E-state index < -0.39 is 5.97 Å². The van der Waals surface area contributed by atoms with E-state index in [0.717, 1.165) is 11.0 Å². The minimum atomic E-state index is -0.409. The average Bonchev–Trinajstić information content (AvgIpc) is 2.69. The van der Waals surface area contributed by atoms with E-state index in [1.807, 2.05) is 6.07 Å². The standard InChI is InChI=1S/C10H10N2O3/c1-14-9(13)6-15-8-5-12-10-7(8)3-2-4-11-10/h2-5H,6H2,1H3,(H,11,12). The van der Waals surface area contributed by atoms with Crippen molar-refractivity contribution in [2.24, 2.45) is 0 Å². The van der Waals surface area contributed by atoms with Crippen molar-refractivity contribution in [2.45, 2.75) is 0 Å². The molecular weight excluding hydrogens is 196 g/mol. The van der Waals surface area contributed by atoms with E-state index in [0.29, 0.717) is 5.75 Å². The van der Waals surface area contributed by atoms with Crippen molar-refractivity contribution < 1.29 is 14.3 Å². The molecule has 5 heteroatoms. The van der Waals surface area contributed by atoms with Crippen LogP contribution in [-0.2, 0) is 9.53 Å². The third-order valence-corrected chi connectivity index (χ3v) is 1.99. The van der Waals surface area contributed by atoms with Gasteiger partial charge in [-0.25, -0.2) is 9.78 Å². The fourth-order valence-electron chi connectivity index (χ4n) is 1.25. The molecule has 2 aromatic rings. The van der Waals surface area contributed by atoms with Crippen molar-refractivity contribution in [3.8, 4) is 5.75 Å². The van der Waals surface area contributed by atoms with Gasteiger partial charge >= 0.3 is 5.97 Å². The number of ether oxygens (including phenoxy) is 2. The zero-order chi connectivity index (χ0) is 10.7. The number of carbonyl (C=O) groups is 1. The van der Waals surface area contributed by atoms with Gasteiger partial charge in [-0.15, -0.1) is 0 Å². The smallest absolute Gasteiger partial charge is 0.343 e. The average molecular weight is 206 g/mol. The van der Waals surface area contributed by atoms with E-state index in [1.165, 1.54) is 7.11 Å². The van der Waals surface area contributed by atoms with E-state index in [9.17, 15) is 4.79 Å². The topological polar surface area (TPSA) is 64.2 Å². The van der Waals surface area contributed by atoms with Crippen LogP contribution in [0.4, 0.5) is 0 Å². The fourth-order valence-corrected chi connectivity index (χ4v) is 1.25. The molecule has 2 aromatic heterocycles. The monoisotopic (exact) mass is 206 g/mol. The van der Waals surface area contributed by atoms with E-state index in [-0.39, 0.29) is 6.61 Å². The normalized spacial score (nSPS) is 10.2. The van der Waals surface area contributed by atoms with E-state index in [2.05, 4.69) is 14.7 Å². The van der Waals surface area contributed by atoms with Crippen molar-refractivity contribution >= 4 is 17.0 Å². The molecule has 2 heterocycles. The predicted octanol–water partition coefficient (Wildman–Crippen LogP) is 1.11. The molecule has 0 atom stereocenters. The van der Waals surface area contributed by atoms with Gasteiger partial charge in [-0.3, -0.25) is 0 Å². The number of H-pyrrole nitrogens is 1. The summed E-state index contributed by atoms with van der Waals surface area (Å²) in [5.74, 6) is 0.191. The van der Waals surface area contributed by atoms with Crippen molar-refractivity contribution in [2.75, 3.05) is 13.7 Å². The molecule has 0 spiro atoms. The van der Waals surface area contributed by atoms with Gasteiger partial charge in [0.25, 0.3) is 0 Å². The molecule has 15 heavy (non-hydrogen) atoms. The Bertz CT molecular complexity index is 478. The molecule has 0 aliphatic rings. The van der Waals surface area contributed by atoms with Crippen molar-refractivity contribution in [1.29, 1.82) is 0 Å². The number of methoxy groups -OCH3 is 1. The van der Waals surface area contributed by atoms with Crippen LogP contribution in [0.5, 0.6) is 5.75 Å². The van der Waals surface area contributed by atoms with Gasteiger partial charge in [0.15, 0.2) is 6.61 Å². The van der Waals surface area contributed by atoms with Crippen LogP contribution in [0, 0.1) is 0 Å². The number of hydrogen-bond acceptors (Lipinski definition) is 4. The van der Waals surface area contributed by atoms with Crippen LogP contribution in [0.1, 0.15) is 0 Å². The quantitative estimate of drug-likeness (QED) is 0.764. The molecule has 0 unspecified atom stereocenters. The van der Waals surface area contributed by atoms with Crippen LogP contribution in [-0.4, -0.2) is 29.7 Å². The predicted molar refractivity (Wildman–Crippen MR) is 53.6 cm³/mol. The number of aromatic nitrogens is 2. The van der Waals surface area contributed by atoms with Crippen LogP contribution in [0.2, 0.25) is 0 Å². The first-order valence-electron chi connectivity index (χ1n) is 4.43. The third-order valence-electron chi connectivity index (χ3n) is 1.99. The summed E-state index contributed by atoms with van der Waals surface area (Å²) < 4.78 is 9.74. The van der Waals surface area contributed by atoms with Crippen LogP contribution in [0.25, 0.3) is 11.0 Å². The number of hydrogen-bond donors (Lipinski definition) is 1. The molecular formula is C10H10N2O3. The van der Waals surface area contributed by atoms with Gasteiger partial charge in [-0.2, -0.15) is 0 Å². The first-order chi connectivity index (χ1) is 7.31. The molecule has 0 aliphatic carbocycles. The second kappa shape index (κ2) is 4.00. The van der Waals surface area contributed by atoms with Crippen LogP contribution < -0.4 is 4.74 Å². The van der Waals surface area contributed by atoms with Crippen molar-refractivity contribution in [3.63, 3.8) is 0 Å². The Morgan fingerprint density at radius 2 is 2.47 bits per heavy atom. The summed E-state index contributed by atoms with van der Waals surface area (Å²) >= 11 is 0. The summed E-state index contributed by atoms with van der Waals surface area (Å²) in [7, 11) is 1.32. The Morgan fingerprint density at radius 3 is 3.27 bits per heavy atom. The van der Waals surface area contributed by atoms with Crippen LogP contribution >= 0.6 is 0 Å². The van der Waals surface area contributed by atoms with Gasteiger partial charge in [-0.1, -0.05) is 0 Å². The van der Waals surface area contributed by atoms with Gasteiger partial charge in [-0.05, 0) is 12.1 Å². The maximum atomic E-state index is 10.9. The molecule has 0 aliphatic heterocycles. The maximum absolute atomic E-state index is 10.9. The van der Waals surface area contributed by atoms with E-state index >= 15 is 0 Å². The number of nitrogens with one attached hydrogen (secondary N) is 1. The molecule has 0 fully saturated rings. The molecule has 0 aromatic carbocycles. The molecule has 0 saturated carbocycles. The number of rotatable bonds is 3. The summed E-state index contributed by atoms with van der Waals surface area (Å²) in [4.78, 5) is 17.9. The first-order valence-corrected chi connectivity index (χ1v) is 4.43. The van der Waals surface area contributed by atoms with Crippen LogP contribution in [0.3, 0.4) is 0 Å². The Labute approximate surface area is 86.0 Å². The zero-order valence-corrected chi connectivity index (χ0v) is 8.19. The number of fused-ring (bicyclic) bond motifs is 1. The van der Waals surface area contributed by atoms with Gasteiger partial charge in [0.05, 0.1) is 12.5 Å². The lowest BCUT2D eigenvalue weighted by Crippen LogP contribution is -2.12. The third kappa shape index (κ3) is 1.90. The number of esters is 1. The lowest BCUT2D eigenvalue weighted by atomic mass is 10.3. The zero-order valence-electron chi connectivity index (χ0n) is 8.19. The number of nitrogens with zero attached hydrogens (tertiary/aromatic N) is 1. The summed E-state index contributed by atoms with van der Waals surface area (Å²) in [6, 6.07) is 3.67. The summed E-state index contributed by atoms with van der Waals surface area (Å²) in [6.45, 7) is -0.0989. The number of carbonyl (C=O) groups excluding carboxylic acids is 1. The molecule has 0 saturated heterocycles. The molecule has 2 rings (SSSR count). The molecule has 0 amide bonds. The second-order valence-electron chi connectivity index (χ2n) is 2.92. The Kier molecular flexibility index (Phi) is 2.53. The van der Waals surface area contributed by atoms with Gasteiger partial charge in [0, 0.05) is 12.4 Å². The van der Waals surface area contributed by atoms with E-state index in [1.54, 1.807) is 18.5 Å². The number of aromatic amines is 1. The highest BCUT2D eigenvalue weighted by atomic mass is 16.6. The Hall–Kier alpha value is -2.04. The highest BCUT2D eigenvalue weighted by Gasteiger charge is 2.07. The summed E-state index contributed by atoms with van der Waals surface area (Å²) in [6.07, 6.45) is 3.35. The lowest BCUT2D eigenvalue weighted by molar-refractivity contribution is -0.142. The Morgan fingerprint density at radius 1 is 1.60 bits per heavy atom. The second-order valence-corrected chi connectivity index (χ2v) is 2.92. The van der Waals surface area contributed by atoms with Crippen LogP contribution in [0.15, 0.2) is 24.5 Å². The minimum absolute atomic E-state index is 0.0989. The highest BCUT2D eigenvalue weighted by Crippen LogP contribution is 2.22. The molecule has 0 radical (unpaired) electrons. The molecule has 0 bridgehead atoms. The SMILES string of the molecule is COC(=O)COc1c[nH]c2ncccc12. The van der Waals surface area contributed by atoms with Gasteiger partial charge in [0.1, 0.15) is 11.4 Å². The van der Waals surface area contributed by atoms with Gasteiger partial charge < -0.3 is 14.5 Å². The molecule has 78 valence electrons. The van der Waals surface area contributed by atoms with Crippen molar-refractivity contribution in [3.05, 3.63) is 24.5 Å². The summed E-state index contributed by atoms with van der Waals surface area (Å²) in [5, 5.41) is 0.849. The van der Waals surface area contributed by atoms with E-state index in [4.69, 9.17) is 4.74 Å². The van der Waals surface area contributed by atoms with Gasteiger partial charge in [0.2, 0.25) is 0 Å². The number of pyridine rings is 1. The van der Waals surface area contributed by atoms with Crippen molar-refractivity contribution in [1.82, 2.24) is 9.97 Å². The minimum Gasteiger partial charge on any atom is -0.480 e. The lowest BCUT2D eigenvalue weighted by Gasteiger charge is -2.01. The largest absolute Gasteiger partial charge is 0.480 e. The fraction of sp³-hybridized carbons (Fsp3) is 0.200. The molecule has 1 N–H and O–H groups in total. The molecule has 5 nitrogen and oxygen atoms in total. The first kappa shape index (κ1) is 9.51.